The number of hydrogen-bond acceptors (Lipinski definition) is 4. The fourth-order valence-corrected chi connectivity index (χ4v) is 4.65. The van der Waals surface area contributed by atoms with Crippen LogP contribution >= 0.6 is 23.2 Å². The Bertz CT molecular complexity index is 1290. The van der Waals surface area contributed by atoms with Crippen LogP contribution in [0.5, 0.6) is 0 Å². The average Bonchev–Trinajstić information content (AvgIpc) is 2.76. The van der Waals surface area contributed by atoms with Crippen LogP contribution in [0.25, 0.3) is 0 Å². The van der Waals surface area contributed by atoms with Crippen LogP contribution in [0.1, 0.15) is 16.7 Å². The van der Waals surface area contributed by atoms with Gasteiger partial charge in [-0.1, -0.05) is 35.3 Å². The molecule has 0 aromatic heterocycles. The van der Waals surface area contributed by atoms with Gasteiger partial charge in [-0.15, -0.1) is 0 Å². The Balaban J connectivity index is 1.89. The first-order chi connectivity index (χ1) is 15.6. The maximum atomic E-state index is 13.9. The van der Waals surface area contributed by atoms with E-state index in [1.165, 1.54) is 42.5 Å². The highest BCUT2D eigenvalue weighted by Crippen LogP contribution is 2.26. The average molecular weight is 508 g/mol. The van der Waals surface area contributed by atoms with Crippen LogP contribution in [0.15, 0.2) is 70.7 Å². The summed E-state index contributed by atoms with van der Waals surface area (Å²) in [5.41, 5.74) is 4.36. The number of carbonyl (C=O) groups excluding carboxylic acids is 1. The van der Waals surface area contributed by atoms with E-state index in [2.05, 4.69) is 10.5 Å². The number of hydrazone groups is 1. The highest BCUT2D eigenvalue weighted by atomic mass is 35.5. The molecule has 3 rings (SSSR count). The predicted molar refractivity (Wildman–Crippen MR) is 129 cm³/mol. The van der Waals surface area contributed by atoms with E-state index in [1.807, 2.05) is 13.8 Å². The largest absolute Gasteiger partial charge is 0.271 e. The zero-order valence-electron chi connectivity index (χ0n) is 17.7. The Kier molecular flexibility index (Phi) is 7.73. The molecular weight excluding hydrogens is 488 g/mol. The van der Waals surface area contributed by atoms with Crippen molar-refractivity contribution >= 4 is 51.0 Å². The van der Waals surface area contributed by atoms with Crippen molar-refractivity contribution in [3.05, 3.63) is 93.2 Å². The van der Waals surface area contributed by atoms with E-state index in [1.54, 1.807) is 18.2 Å². The minimum Gasteiger partial charge on any atom is -0.271 e. The second kappa shape index (κ2) is 10.3. The molecule has 6 nitrogen and oxygen atoms in total. The topological polar surface area (TPSA) is 78.8 Å². The number of amides is 1. The maximum absolute atomic E-state index is 13.9. The lowest BCUT2D eigenvalue weighted by Gasteiger charge is -2.24. The van der Waals surface area contributed by atoms with Crippen LogP contribution < -0.4 is 9.73 Å². The SMILES string of the molecule is Cc1ccc(N(CC(=O)N/N=C\c2c(F)cccc2Cl)S(=O)(=O)c2ccc(Cl)cc2)cc1C. The van der Waals surface area contributed by atoms with Gasteiger partial charge in [0, 0.05) is 10.6 Å². The number of hydrogen-bond donors (Lipinski definition) is 1. The van der Waals surface area contributed by atoms with E-state index in [0.29, 0.717) is 10.7 Å². The van der Waals surface area contributed by atoms with Crippen molar-refractivity contribution in [1.82, 2.24) is 5.43 Å². The van der Waals surface area contributed by atoms with Gasteiger partial charge in [-0.05, 0) is 73.5 Å². The summed E-state index contributed by atoms with van der Waals surface area (Å²) in [6.07, 6.45) is 1.06. The third-order valence-corrected chi connectivity index (χ3v) is 7.22. The van der Waals surface area contributed by atoms with Gasteiger partial charge < -0.3 is 0 Å². The van der Waals surface area contributed by atoms with E-state index in [0.717, 1.165) is 21.6 Å². The summed E-state index contributed by atoms with van der Waals surface area (Å²) in [5.74, 6) is -1.34. The third kappa shape index (κ3) is 5.90. The molecule has 0 aliphatic rings. The van der Waals surface area contributed by atoms with Crippen molar-refractivity contribution in [2.24, 2.45) is 5.10 Å². The number of halogens is 3. The normalized spacial score (nSPS) is 11.5. The van der Waals surface area contributed by atoms with Crippen molar-refractivity contribution in [2.75, 3.05) is 10.8 Å². The summed E-state index contributed by atoms with van der Waals surface area (Å²) in [6, 6.07) is 14.8. The molecule has 3 aromatic carbocycles. The van der Waals surface area contributed by atoms with Gasteiger partial charge in [0.2, 0.25) is 0 Å². The second-order valence-corrected chi connectivity index (χ2v) is 9.87. The summed E-state index contributed by atoms with van der Waals surface area (Å²) in [6.45, 7) is 3.18. The zero-order valence-corrected chi connectivity index (χ0v) is 20.0. The summed E-state index contributed by atoms with van der Waals surface area (Å²) in [7, 11) is -4.11. The summed E-state index contributed by atoms with van der Waals surface area (Å²) < 4.78 is 41.6. The van der Waals surface area contributed by atoms with Crippen LogP contribution in [-0.4, -0.2) is 27.1 Å². The molecule has 0 aliphatic carbocycles. The number of anilines is 1. The van der Waals surface area contributed by atoms with Gasteiger partial charge in [-0.3, -0.25) is 9.10 Å². The van der Waals surface area contributed by atoms with Crippen LogP contribution in [0.2, 0.25) is 10.0 Å². The van der Waals surface area contributed by atoms with Crippen molar-refractivity contribution in [1.29, 1.82) is 0 Å². The summed E-state index contributed by atoms with van der Waals surface area (Å²) in [4.78, 5) is 12.6. The quantitative estimate of drug-likeness (QED) is 0.357. The van der Waals surface area contributed by atoms with Gasteiger partial charge in [0.15, 0.2) is 0 Å². The molecule has 172 valence electrons. The lowest BCUT2D eigenvalue weighted by Crippen LogP contribution is -2.39. The number of rotatable bonds is 7. The third-order valence-electron chi connectivity index (χ3n) is 4.85. The van der Waals surface area contributed by atoms with E-state index < -0.39 is 28.3 Å². The lowest BCUT2D eigenvalue weighted by molar-refractivity contribution is -0.119. The zero-order chi connectivity index (χ0) is 24.2. The fraction of sp³-hybridized carbons (Fsp3) is 0.130. The second-order valence-electron chi connectivity index (χ2n) is 7.16. The van der Waals surface area contributed by atoms with Gasteiger partial charge in [0.25, 0.3) is 15.9 Å². The first kappa shape index (κ1) is 24.7. The van der Waals surface area contributed by atoms with Crippen molar-refractivity contribution in [3.8, 4) is 0 Å². The number of nitrogens with zero attached hydrogens (tertiary/aromatic N) is 2. The Morgan fingerprint density at radius 1 is 1.06 bits per heavy atom. The highest BCUT2D eigenvalue weighted by molar-refractivity contribution is 7.92. The number of aryl methyl sites for hydroxylation is 2. The van der Waals surface area contributed by atoms with Gasteiger partial charge >= 0.3 is 0 Å². The Hall–Kier alpha value is -2.94. The molecule has 0 aliphatic heterocycles. The predicted octanol–water partition coefficient (Wildman–Crippen LogP) is 5.09. The molecule has 0 spiro atoms. The molecule has 0 unspecified atom stereocenters. The van der Waals surface area contributed by atoms with Crippen LogP contribution in [-0.2, 0) is 14.8 Å². The van der Waals surface area contributed by atoms with Gasteiger partial charge in [-0.25, -0.2) is 18.2 Å². The van der Waals surface area contributed by atoms with Gasteiger partial charge in [0.05, 0.1) is 21.8 Å². The summed E-state index contributed by atoms with van der Waals surface area (Å²) >= 11 is 11.8. The molecule has 1 N–H and O–H groups in total. The number of benzene rings is 3. The number of nitrogens with one attached hydrogen (secondary N) is 1. The van der Waals surface area contributed by atoms with Crippen LogP contribution in [0, 0.1) is 19.7 Å². The fourth-order valence-electron chi connectivity index (χ4n) is 2.90. The maximum Gasteiger partial charge on any atom is 0.264 e. The van der Waals surface area contributed by atoms with Crippen molar-refractivity contribution < 1.29 is 17.6 Å². The molecule has 0 bridgehead atoms. The lowest BCUT2D eigenvalue weighted by atomic mass is 10.1. The smallest absolute Gasteiger partial charge is 0.264 e. The molecular formula is C23H20Cl2FN3O3S. The first-order valence-electron chi connectivity index (χ1n) is 9.71. The Morgan fingerprint density at radius 2 is 1.76 bits per heavy atom. The van der Waals surface area contributed by atoms with E-state index in [-0.39, 0.29) is 15.5 Å². The molecule has 33 heavy (non-hydrogen) atoms. The molecule has 3 aromatic rings. The first-order valence-corrected chi connectivity index (χ1v) is 11.9. The molecule has 0 saturated heterocycles. The van der Waals surface area contributed by atoms with Crippen LogP contribution in [0.3, 0.4) is 0 Å². The molecule has 0 fully saturated rings. The highest BCUT2D eigenvalue weighted by Gasteiger charge is 2.27. The van der Waals surface area contributed by atoms with E-state index in [4.69, 9.17) is 23.2 Å². The molecule has 10 heteroatoms. The Labute approximate surface area is 201 Å². The molecule has 0 heterocycles. The standard InChI is InChI=1S/C23H20Cl2FN3O3S/c1-15-6-9-18(12-16(15)2)29(33(31,32)19-10-7-17(24)8-11-19)14-23(30)28-27-13-20-21(25)4-3-5-22(20)26/h3-13H,14H2,1-2H3,(H,28,30)/b27-13-. The van der Waals surface area contributed by atoms with E-state index in [9.17, 15) is 17.6 Å². The summed E-state index contributed by atoms with van der Waals surface area (Å²) in [5, 5.41) is 4.22. The number of sulfonamides is 1. The van der Waals surface area contributed by atoms with E-state index >= 15 is 0 Å². The Morgan fingerprint density at radius 3 is 2.39 bits per heavy atom. The molecule has 0 radical (unpaired) electrons. The van der Waals surface area contributed by atoms with Crippen molar-refractivity contribution in [3.63, 3.8) is 0 Å². The van der Waals surface area contributed by atoms with Gasteiger partial charge in [-0.2, -0.15) is 5.10 Å². The minimum absolute atomic E-state index is 0.000678. The molecule has 0 atom stereocenters. The van der Waals surface area contributed by atoms with Crippen molar-refractivity contribution in [2.45, 2.75) is 18.7 Å². The molecule has 1 amide bonds. The van der Waals surface area contributed by atoms with Gasteiger partial charge in [0.1, 0.15) is 12.4 Å². The minimum atomic E-state index is -4.11. The monoisotopic (exact) mass is 507 g/mol. The number of carbonyl (C=O) groups is 1. The van der Waals surface area contributed by atoms with Crippen LogP contribution in [0.4, 0.5) is 10.1 Å². The molecule has 0 saturated carbocycles.